The van der Waals surface area contributed by atoms with E-state index in [0.29, 0.717) is 36.5 Å². The van der Waals surface area contributed by atoms with E-state index in [2.05, 4.69) is 20.8 Å². The lowest BCUT2D eigenvalue weighted by Crippen LogP contribution is -2.60. The van der Waals surface area contributed by atoms with Crippen LogP contribution in [0.3, 0.4) is 0 Å². The van der Waals surface area contributed by atoms with Gasteiger partial charge in [0.05, 0.1) is 6.10 Å². The standard InChI is InChI=1S/C30H49F3O4/c1-6-7-8-26(35)36-18-37-29(30(31,32)33)16-15-27(4)21(17-29)9-10-22-24-12-11-23(19(2)20(3)34)28(24,5)14-13-25(22)27/h19-25,34H,6-18H2,1-5H3/t19-,20-,21-,22+,23-,24+,25+,27+,28-,29-/m1/s1. The molecule has 0 saturated heterocycles. The lowest BCUT2D eigenvalue weighted by atomic mass is 9.43. The van der Waals surface area contributed by atoms with Gasteiger partial charge in [-0.05, 0) is 117 Å². The first kappa shape index (κ1) is 29.2. The number of aliphatic hydroxyl groups is 1. The minimum atomic E-state index is -4.50. The van der Waals surface area contributed by atoms with Crippen LogP contribution in [-0.4, -0.2) is 35.8 Å². The van der Waals surface area contributed by atoms with Crippen molar-refractivity contribution in [2.45, 2.75) is 130 Å². The number of carbonyl (C=O) groups is 1. The summed E-state index contributed by atoms with van der Waals surface area (Å²) in [5.41, 5.74) is -2.13. The smallest absolute Gasteiger partial charge is 0.417 e. The molecule has 0 unspecified atom stereocenters. The third kappa shape index (κ3) is 5.10. The molecular formula is C30H49F3O4. The number of aliphatic hydroxyl groups excluding tert-OH is 1. The van der Waals surface area contributed by atoms with Gasteiger partial charge in [-0.1, -0.05) is 34.1 Å². The van der Waals surface area contributed by atoms with Gasteiger partial charge < -0.3 is 14.6 Å². The van der Waals surface area contributed by atoms with E-state index >= 15 is 0 Å². The number of carbonyl (C=O) groups excluding carboxylic acids is 1. The zero-order valence-corrected chi connectivity index (χ0v) is 23.5. The maximum absolute atomic E-state index is 14.5. The maximum Gasteiger partial charge on any atom is 0.417 e. The van der Waals surface area contributed by atoms with Crippen LogP contribution in [-0.2, 0) is 14.3 Å². The van der Waals surface area contributed by atoms with Gasteiger partial charge >= 0.3 is 12.1 Å². The van der Waals surface area contributed by atoms with Crippen molar-refractivity contribution in [3.63, 3.8) is 0 Å². The average Bonchev–Trinajstić information content (AvgIpc) is 3.18. The Hall–Kier alpha value is -0.820. The fraction of sp³-hybridized carbons (Fsp3) is 0.967. The first-order valence-corrected chi connectivity index (χ1v) is 14.8. The van der Waals surface area contributed by atoms with Crippen molar-refractivity contribution in [1.82, 2.24) is 0 Å². The van der Waals surface area contributed by atoms with Gasteiger partial charge in [-0.25, -0.2) is 0 Å². The lowest BCUT2D eigenvalue weighted by Gasteiger charge is -2.62. The molecule has 7 heteroatoms. The summed E-state index contributed by atoms with van der Waals surface area (Å²) in [6.45, 7) is 10.1. The van der Waals surface area contributed by atoms with E-state index in [1.807, 2.05) is 13.8 Å². The molecule has 4 nitrogen and oxygen atoms in total. The fourth-order valence-corrected chi connectivity index (χ4v) is 9.54. The Morgan fingerprint density at radius 2 is 1.70 bits per heavy atom. The molecule has 0 heterocycles. The molecule has 4 saturated carbocycles. The predicted molar refractivity (Wildman–Crippen MR) is 136 cm³/mol. The van der Waals surface area contributed by atoms with Crippen LogP contribution in [0.25, 0.3) is 0 Å². The first-order chi connectivity index (χ1) is 17.3. The molecule has 4 aliphatic rings. The normalized spacial score (nSPS) is 43.3. The lowest BCUT2D eigenvalue weighted by molar-refractivity contribution is -0.321. The summed E-state index contributed by atoms with van der Waals surface area (Å²) in [6, 6.07) is 0. The predicted octanol–water partition coefficient (Wildman–Crippen LogP) is 7.67. The van der Waals surface area contributed by atoms with Gasteiger partial charge in [0.1, 0.15) is 0 Å². The molecule has 4 fully saturated rings. The quantitative estimate of drug-likeness (QED) is 0.258. The molecule has 0 aromatic heterocycles. The van der Waals surface area contributed by atoms with E-state index in [1.165, 1.54) is 6.42 Å². The zero-order valence-electron chi connectivity index (χ0n) is 23.5. The number of halogens is 3. The van der Waals surface area contributed by atoms with Crippen LogP contribution in [0.1, 0.15) is 112 Å². The summed E-state index contributed by atoms with van der Waals surface area (Å²) in [6.07, 6.45) is 3.58. The van der Waals surface area contributed by atoms with Gasteiger partial charge in [-0.15, -0.1) is 0 Å². The van der Waals surface area contributed by atoms with Crippen LogP contribution in [0.5, 0.6) is 0 Å². The first-order valence-electron chi connectivity index (χ1n) is 14.8. The van der Waals surface area contributed by atoms with E-state index in [-0.39, 0.29) is 48.0 Å². The van der Waals surface area contributed by atoms with Gasteiger partial charge in [-0.3, -0.25) is 4.79 Å². The van der Waals surface area contributed by atoms with E-state index in [9.17, 15) is 23.1 Å². The number of esters is 1. The van der Waals surface area contributed by atoms with E-state index < -0.39 is 24.5 Å². The summed E-state index contributed by atoms with van der Waals surface area (Å²) in [4.78, 5) is 11.9. The Balaban J connectivity index is 1.47. The number of rotatable bonds is 8. The highest BCUT2D eigenvalue weighted by molar-refractivity contribution is 5.69. The van der Waals surface area contributed by atoms with Crippen molar-refractivity contribution in [2.24, 2.45) is 46.3 Å². The van der Waals surface area contributed by atoms with Gasteiger partial charge in [0.2, 0.25) is 0 Å². The summed E-state index contributed by atoms with van der Waals surface area (Å²) in [5.74, 6) is 1.86. The number of alkyl halides is 3. The van der Waals surface area contributed by atoms with E-state index in [0.717, 1.165) is 38.5 Å². The number of fused-ring (bicyclic) bond motifs is 5. The van der Waals surface area contributed by atoms with Crippen LogP contribution in [0.2, 0.25) is 0 Å². The Morgan fingerprint density at radius 3 is 2.35 bits per heavy atom. The van der Waals surface area contributed by atoms with Crippen molar-refractivity contribution in [1.29, 1.82) is 0 Å². The summed E-state index contributed by atoms with van der Waals surface area (Å²) in [5, 5.41) is 10.3. The minimum absolute atomic E-state index is 0.0354. The Bertz CT molecular complexity index is 815. The molecule has 4 aliphatic carbocycles. The molecule has 214 valence electrons. The molecule has 0 radical (unpaired) electrons. The number of ether oxygens (including phenoxy) is 2. The highest BCUT2D eigenvalue weighted by atomic mass is 19.4. The molecule has 4 rings (SSSR count). The van der Waals surface area contributed by atoms with E-state index in [4.69, 9.17) is 9.47 Å². The van der Waals surface area contributed by atoms with Gasteiger partial charge in [0, 0.05) is 6.42 Å². The third-order valence-corrected chi connectivity index (χ3v) is 12.0. The second kappa shape index (κ2) is 10.6. The molecule has 1 N–H and O–H groups in total. The summed E-state index contributed by atoms with van der Waals surface area (Å²) in [7, 11) is 0. The molecule has 0 aromatic carbocycles. The molecule has 10 atom stereocenters. The van der Waals surface area contributed by atoms with Crippen LogP contribution in [0.4, 0.5) is 13.2 Å². The topological polar surface area (TPSA) is 55.8 Å². The van der Waals surface area contributed by atoms with Crippen LogP contribution in [0.15, 0.2) is 0 Å². The summed E-state index contributed by atoms with van der Waals surface area (Å²) < 4.78 is 53.9. The van der Waals surface area contributed by atoms with Crippen molar-refractivity contribution in [3.8, 4) is 0 Å². The molecule has 0 aromatic rings. The molecule has 37 heavy (non-hydrogen) atoms. The van der Waals surface area contributed by atoms with Gasteiger partial charge in [0.25, 0.3) is 0 Å². The molecule has 0 bridgehead atoms. The number of unbranched alkanes of at least 4 members (excludes halogenated alkanes) is 1. The Kier molecular flexibility index (Phi) is 8.38. The van der Waals surface area contributed by atoms with Crippen molar-refractivity contribution < 1.29 is 32.5 Å². The minimum Gasteiger partial charge on any atom is -0.438 e. The highest BCUT2D eigenvalue weighted by Crippen LogP contribution is 2.69. The zero-order chi connectivity index (χ0) is 27.2. The highest BCUT2D eigenvalue weighted by Gasteiger charge is 2.66. The van der Waals surface area contributed by atoms with E-state index in [1.54, 1.807) is 0 Å². The van der Waals surface area contributed by atoms with Gasteiger partial charge in [0.15, 0.2) is 12.4 Å². The Morgan fingerprint density at radius 1 is 1.00 bits per heavy atom. The van der Waals surface area contributed by atoms with Crippen molar-refractivity contribution >= 4 is 5.97 Å². The SMILES string of the molecule is CCCCC(=O)OCO[C@]1(C(F)(F)F)CC[C@@]2(C)[C@H](CC[C@@H]3[C@@H]2CC[C@]2(C)[C@@H]([C@H](C)[C@@H](C)O)CC[C@@H]32)C1. The third-order valence-electron chi connectivity index (χ3n) is 12.0. The van der Waals surface area contributed by atoms with Crippen molar-refractivity contribution in [2.75, 3.05) is 6.79 Å². The second-order valence-corrected chi connectivity index (χ2v) is 13.6. The molecular weight excluding hydrogens is 481 g/mol. The molecule has 0 spiro atoms. The average molecular weight is 531 g/mol. The second-order valence-electron chi connectivity index (χ2n) is 13.6. The molecule has 0 amide bonds. The summed E-state index contributed by atoms with van der Waals surface area (Å²) >= 11 is 0. The number of hydrogen-bond donors (Lipinski definition) is 1. The Labute approximate surface area is 221 Å². The number of hydrogen-bond acceptors (Lipinski definition) is 4. The van der Waals surface area contributed by atoms with Crippen LogP contribution < -0.4 is 0 Å². The maximum atomic E-state index is 14.5. The largest absolute Gasteiger partial charge is 0.438 e. The monoisotopic (exact) mass is 530 g/mol. The fourth-order valence-electron chi connectivity index (χ4n) is 9.54. The van der Waals surface area contributed by atoms with Crippen LogP contribution >= 0.6 is 0 Å². The van der Waals surface area contributed by atoms with Crippen molar-refractivity contribution in [3.05, 3.63) is 0 Å². The van der Waals surface area contributed by atoms with Gasteiger partial charge in [-0.2, -0.15) is 13.2 Å². The van der Waals surface area contributed by atoms with Crippen LogP contribution in [0, 0.1) is 46.3 Å². The molecule has 0 aliphatic heterocycles.